The summed E-state index contributed by atoms with van der Waals surface area (Å²) >= 11 is 0. The molecule has 1 fully saturated rings. The van der Waals surface area contributed by atoms with E-state index in [0.29, 0.717) is 19.4 Å². The van der Waals surface area contributed by atoms with Gasteiger partial charge in [-0.3, -0.25) is 4.79 Å². The molecular formula is C29H30N2O5S. The minimum Gasteiger partial charge on any atom is -0.478 e. The van der Waals surface area contributed by atoms with Crippen LogP contribution < -0.4 is 4.90 Å². The lowest BCUT2D eigenvalue weighted by molar-refractivity contribution is -0.118. The molecule has 1 aliphatic heterocycles. The van der Waals surface area contributed by atoms with Crippen molar-refractivity contribution in [3.8, 4) is 11.3 Å². The fraction of sp³-hybridized carbons (Fsp3) is 0.345. The fourth-order valence-corrected chi connectivity index (χ4v) is 6.35. The number of carbonyl (C=O) groups excluding carboxylic acids is 1. The number of hydrogen-bond acceptors (Lipinski definition) is 5. The van der Waals surface area contributed by atoms with Crippen LogP contribution in [0, 0.1) is 6.92 Å². The number of amides is 1. The van der Waals surface area contributed by atoms with E-state index in [1.54, 1.807) is 36.4 Å². The number of carboxylic acid groups (broad SMARTS) is 1. The molecule has 0 saturated heterocycles. The van der Waals surface area contributed by atoms with Crippen molar-refractivity contribution in [2.45, 2.75) is 55.8 Å². The van der Waals surface area contributed by atoms with Crippen LogP contribution in [-0.4, -0.2) is 43.2 Å². The van der Waals surface area contributed by atoms with Crippen LogP contribution in [0.4, 0.5) is 5.69 Å². The maximum absolute atomic E-state index is 13.4. The van der Waals surface area contributed by atoms with E-state index in [4.69, 9.17) is 4.98 Å². The van der Waals surface area contributed by atoms with Crippen LogP contribution in [0.2, 0.25) is 0 Å². The number of carbonyl (C=O) groups is 2. The number of fused-ring (bicyclic) bond motifs is 2. The minimum absolute atomic E-state index is 0.0359. The maximum Gasteiger partial charge on any atom is 0.335 e. The third-order valence-electron chi connectivity index (χ3n) is 7.72. The molecule has 1 aliphatic carbocycles. The number of sulfone groups is 1. The van der Waals surface area contributed by atoms with Crippen molar-refractivity contribution in [2.24, 2.45) is 0 Å². The first-order valence-corrected chi connectivity index (χ1v) is 14.4. The summed E-state index contributed by atoms with van der Waals surface area (Å²) in [5.41, 5.74) is 5.39. The van der Waals surface area contributed by atoms with E-state index in [1.807, 2.05) is 30.0 Å². The van der Waals surface area contributed by atoms with Crippen LogP contribution in [0.5, 0.6) is 0 Å². The molecule has 2 aliphatic rings. The van der Waals surface area contributed by atoms with Crippen molar-refractivity contribution < 1.29 is 23.1 Å². The van der Waals surface area contributed by atoms with E-state index < -0.39 is 15.8 Å². The van der Waals surface area contributed by atoms with Crippen molar-refractivity contribution in [1.29, 1.82) is 0 Å². The second kappa shape index (κ2) is 9.41. The predicted octanol–water partition coefficient (Wildman–Crippen LogP) is 4.95. The van der Waals surface area contributed by atoms with Gasteiger partial charge in [0.2, 0.25) is 5.91 Å². The first-order chi connectivity index (χ1) is 17.6. The molecule has 1 aromatic heterocycles. The van der Waals surface area contributed by atoms with Crippen LogP contribution in [0.25, 0.3) is 11.3 Å². The number of rotatable bonds is 6. The summed E-state index contributed by atoms with van der Waals surface area (Å²) in [6, 6.07) is 15.7. The van der Waals surface area contributed by atoms with Gasteiger partial charge in [0.25, 0.3) is 0 Å². The van der Waals surface area contributed by atoms with Gasteiger partial charge in [-0.1, -0.05) is 31.0 Å². The zero-order chi connectivity index (χ0) is 26.4. The van der Waals surface area contributed by atoms with Gasteiger partial charge < -0.3 is 10.0 Å². The third kappa shape index (κ3) is 4.78. The number of aromatic carboxylic acids is 1. The number of aromatic nitrogens is 1. The van der Waals surface area contributed by atoms with Gasteiger partial charge in [-0.05, 0) is 73.7 Å². The quantitative estimate of drug-likeness (QED) is 0.495. The molecule has 0 atom stereocenters. The van der Waals surface area contributed by atoms with E-state index in [0.717, 1.165) is 59.4 Å². The zero-order valence-corrected chi connectivity index (χ0v) is 21.8. The Morgan fingerprint density at radius 3 is 2.35 bits per heavy atom. The van der Waals surface area contributed by atoms with Crippen LogP contribution in [-0.2, 0) is 26.5 Å². The highest BCUT2D eigenvalue weighted by Gasteiger charge is 2.47. The number of aryl methyl sites for hydroxylation is 2. The predicted molar refractivity (Wildman–Crippen MR) is 142 cm³/mol. The molecule has 1 amide bonds. The van der Waals surface area contributed by atoms with Gasteiger partial charge in [0.15, 0.2) is 9.84 Å². The van der Waals surface area contributed by atoms with Crippen LogP contribution in [0.1, 0.15) is 59.3 Å². The molecule has 7 nitrogen and oxygen atoms in total. The highest BCUT2D eigenvalue weighted by molar-refractivity contribution is 7.90. The summed E-state index contributed by atoms with van der Waals surface area (Å²) in [5.74, 6) is -0.921. The third-order valence-corrected chi connectivity index (χ3v) is 8.85. The lowest BCUT2D eigenvalue weighted by Gasteiger charge is -2.24. The first kappa shape index (κ1) is 25.1. The summed E-state index contributed by atoms with van der Waals surface area (Å²) in [5, 5.41) is 9.30. The van der Waals surface area contributed by atoms with Crippen LogP contribution in [0.15, 0.2) is 59.5 Å². The van der Waals surface area contributed by atoms with Gasteiger partial charge in [-0.15, -0.1) is 0 Å². The van der Waals surface area contributed by atoms with E-state index in [2.05, 4.69) is 0 Å². The smallest absolute Gasteiger partial charge is 0.335 e. The Bertz CT molecular complexity index is 1490. The number of hydrogen-bond donors (Lipinski definition) is 1. The van der Waals surface area contributed by atoms with E-state index in [9.17, 15) is 23.1 Å². The van der Waals surface area contributed by atoms with Gasteiger partial charge >= 0.3 is 5.97 Å². The molecule has 0 unspecified atom stereocenters. The molecule has 37 heavy (non-hydrogen) atoms. The molecule has 2 aromatic carbocycles. The number of carboxylic acids is 1. The van der Waals surface area contributed by atoms with Gasteiger partial charge in [-0.25, -0.2) is 18.2 Å². The van der Waals surface area contributed by atoms with E-state index in [1.165, 1.54) is 6.26 Å². The Morgan fingerprint density at radius 2 is 1.73 bits per heavy atom. The topological polar surface area (TPSA) is 105 Å². The standard InChI is InChI=1S/C29H30N2O5S/c1-19-17-21(28(33)34)8-11-23(19)24-12-13-25-27(30-24)29(15-3-4-16-29)18-31(25)26(32)14-7-20-5-9-22(10-6-20)37(2,35)36/h5-6,8-13,17H,3-4,7,14-16,18H2,1-2H3,(H,33,34). The largest absolute Gasteiger partial charge is 0.478 e. The van der Waals surface area contributed by atoms with Crippen LogP contribution >= 0.6 is 0 Å². The van der Waals surface area contributed by atoms with Crippen molar-refractivity contribution in [3.05, 3.63) is 77.0 Å². The Kier molecular flexibility index (Phi) is 6.40. The van der Waals surface area contributed by atoms with Crippen molar-refractivity contribution in [1.82, 2.24) is 4.98 Å². The molecule has 1 spiro atoms. The first-order valence-electron chi connectivity index (χ1n) is 12.5. The van der Waals surface area contributed by atoms with Gasteiger partial charge in [0, 0.05) is 30.2 Å². The molecule has 0 radical (unpaired) electrons. The zero-order valence-electron chi connectivity index (χ0n) is 21.0. The SMILES string of the molecule is Cc1cc(C(=O)O)ccc1-c1ccc2c(n1)C1(CCCC1)CN2C(=O)CCc1ccc(S(C)(=O)=O)cc1. The summed E-state index contributed by atoms with van der Waals surface area (Å²) in [6.07, 6.45) is 6.22. The molecule has 8 heteroatoms. The number of anilines is 1. The Hall–Kier alpha value is -3.52. The molecular weight excluding hydrogens is 488 g/mol. The monoisotopic (exact) mass is 518 g/mol. The van der Waals surface area contributed by atoms with Gasteiger partial charge in [-0.2, -0.15) is 0 Å². The van der Waals surface area contributed by atoms with Crippen LogP contribution in [0.3, 0.4) is 0 Å². The molecule has 5 rings (SSSR count). The van der Waals surface area contributed by atoms with Gasteiger partial charge in [0.1, 0.15) is 0 Å². The fourth-order valence-electron chi connectivity index (χ4n) is 5.72. The van der Waals surface area contributed by atoms with E-state index >= 15 is 0 Å². The summed E-state index contributed by atoms with van der Waals surface area (Å²) in [7, 11) is -3.25. The van der Waals surface area contributed by atoms with Crippen molar-refractivity contribution in [2.75, 3.05) is 17.7 Å². The molecule has 3 aromatic rings. The highest BCUT2D eigenvalue weighted by atomic mass is 32.2. The average molecular weight is 519 g/mol. The maximum atomic E-state index is 13.4. The minimum atomic E-state index is -3.25. The Morgan fingerprint density at radius 1 is 1.03 bits per heavy atom. The van der Waals surface area contributed by atoms with Crippen molar-refractivity contribution in [3.63, 3.8) is 0 Å². The highest BCUT2D eigenvalue weighted by Crippen LogP contribution is 2.50. The average Bonchev–Trinajstić information content (AvgIpc) is 3.47. The summed E-state index contributed by atoms with van der Waals surface area (Å²) in [4.78, 5) is 32.0. The lowest BCUT2D eigenvalue weighted by Crippen LogP contribution is -2.35. The summed E-state index contributed by atoms with van der Waals surface area (Å²) in [6.45, 7) is 2.52. The molecule has 1 saturated carbocycles. The van der Waals surface area contributed by atoms with Crippen molar-refractivity contribution >= 4 is 27.4 Å². The Labute approximate surface area is 217 Å². The second-order valence-corrected chi connectivity index (χ2v) is 12.3. The molecule has 1 N–H and O–H groups in total. The lowest BCUT2D eigenvalue weighted by atomic mass is 9.84. The normalized spacial score (nSPS) is 16.2. The number of nitrogens with zero attached hydrogens (tertiary/aromatic N) is 2. The number of benzene rings is 2. The molecule has 0 bridgehead atoms. The Balaban J connectivity index is 1.40. The van der Waals surface area contributed by atoms with E-state index in [-0.39, 0.29) is 21.8 Å². The number of pyridine rings is 1. The second-order valence-electron chi connectivity index (χ2n) is 10.3. The summed E-state index contributed by atoms with van der Waals surface area (Å²) < 4.78 is 23.4. The molecule has 2 heterocycles. The van der Waals surface area contributed by atoms with Gasteiger partial charge in [0.05, 0.1) is 27.5 Å². The molecule has 192 valence electrons.